The normalized spacial score (nSPS) is 10.3. The second kappa shape index (κ2) is 10.1. The highest BCUT2D eigenvalue weighted by Crippen LogP contribution is 2.16. The standard InChI is InChI=1S/C21H26N4O3/c1-4-19(26)23-15-8-10-16(11-9-15)24-20(27)13-22-17-6-5-7-18(12-17)25-21(28)14(2)3/h5-12,14,22H,4,13H2,1-3H3,(H,23,26)(H,24,27)(H,25,28). The number of hydrogen-bond donors (Lipinski definition) is 4. The van der Waals surface area contributed by atoms with E-state index in [1.165, 1.54) is 0 Å². The second-order valence-corrected chi connectivity index (χ2v) is 6.61. The first-order valence-corrected chi connectivity index (χ1v) is 9.22. The van der Waals surface area contributed by atoms with Crippen LogP contribution in [0.15, 0.2) is 48.5 Å². The van der Waals surface area contributed by atoms with Crippen molar-refractivity contribution >= 4 is 40.5 Å². The first-order valence-electron chi connectivity index (χ1n) is 9.22. The van der Waals surface area contributed by atoms with E-state index >= 15 is 0 Å². The van der Waals surface area contributed by atoms with E-state index in [9.17, 15) is 14.4 Å². The molecule has 0 heterocycles. The van der Waals surface area contributed by atoms with Gasteiger partial charge in [0.1, 0.15) is 0 Å². The van der Waals surface area contributed by atoms with Gasteiger partial charge in [-0.1, -0.05) is 26.8 Å². The predicted molar refractivity (Wildman–Crippen MR) is 112 cm³/mol. The van der Waals surface area contributed by atoms with E-state index in [1.807, 2.05) is 19.9 Å². The highest BCUT2D eigenvalue weighted by Gasteiger charge is 2.08. The molecule has 0 aliphatic rings. The van der Waals surface area contributed by atoms with Crippen molar-refractivity contribution in [1.29, 1.82) is 0 Å². The van der Waals surface area contributed by atoms with E-state index in [4.69, 9.17) is 0 Å². The van der Waals surface area contributed by atoms with Gasteiger partial charge in [-0.2, -0.15) is 0 Å². The molecule has 28 heavy (non-hydrogen) atoms. The molecule has 3 amide bonds. The smallest absolute Gasteiger partial charge is 0.243 e. The van der Waals surface area contributed by atoms with Gasteiger partial charge in [0.05, 0.1) is 6.54 Å². The number of carbonyl (C=O) groups is 3. The van der Waals surface area contributed by atoms with Gasteiger partial charge in [0.25, 0.3) is 0 Å². The average molecular weight is 382 g/mol. The summed E-state index contributed by atoms with van der Waals surface area (Å²) in [6.45, 7) is 5.51. The van der Waals surface area contributed by atoms with Crippen LogP contribution in [0.4, 0.5) is 22.7 Å². The van der Waals surface area contributed by atoms with Crippen LogP contribution in [0.25, 0.3) is 0 Å². The molecule has 0 fully saturated rings. The molecule has 4 N–H and O–H groups in total. The molecule has 2 aromatic rings. The monoisotopic (exact) mass is 382 g/mol. The van der Waals surface area contributed by atoms with Crippen molar-refractivity contribution in [3.63, 3.8) is 0 Å². The summed E-state index contributed by atoms with van der Waals surface area (Å²) in [4.78, 5) is 35.3. The molecular weight excluding hydrogens is 356 g/mol. The van der Waals surface area contributed by atoms with Gasteiger partial charge in [0.15, 0.2) is 0 Å². The van der Waals surface area contributed by atoms with Crippen LogP contribution in [0.5, 0.6) is 0 Å². The Balaban J connectivity index is 1.85. The number of benzene rings is 2. The van der Waals surface area contributed by atoms with E-state index in [2.05, 4.69) is 21.3 Å². The van der Waals surface area contributed by atoms with E-state index in [0.29, 0.717) is 23.5 Å². The Morgan fingerprint density at radius 2 is 1.36 bits per heavy atom. The molecule has 0 spiro atoms. The Morgan fingerprint density at radius 3 is 1.93 bits per heavy atom. The van der Waals surface area contributed by atoms with E-state index in [1.54, 1.807) is 49.4 Å². The lowest BCUT2D eigenvalue weighted by Gasteiger charge is -2.11. The quantitative estimate of drug-likeness (QED) is 0.560. The zero-order valence-corrected chi connectivity index (χ0v) is 16.3. The molecule has 0 saturated heterocycles. The topological polar surface area (TPSA) is 99.3 Å². The molecule has 7 nitrogen and oxygen atoms in total. The van der Waals surface area contributed by atoms with Crippen LogP contribution in [-0.2, 0) is 14.4 Å². The number of hydrogen-bond acceptors (Lipinski definition) is 4. The second-order valence-electron chi connectivity index (χ2n) is 6.61. The van der Waals surface area contributed by atoms with Crippen molar-refractivity contribution in [2.75, 3.05) is 27.8 Å². The fourth-order valence-electron chi connectivity index (χ4n) is 2.27. The van der Waals surface area contributed by atoms with Crippen molar-refractivity contribution in [1.82, 2.24) is 0 Å². The van der Waals surface area contributed by atoms with Crippen LogP contribution in [0.3, 0.4) is 0 Å². The fraction of sp³-hybridized carbons (Fsp3) is 0.286. The average Bonchev–Trinajstić information content (AvgIpc) is 2.68. The Morgan fingerprint density at radius 1 is 0.786 bits per heavy atom. The molecule has 7 heteroatoms. The molecule has 0 bridgehead atoms. The molecule has 0 saturated carbocycles. The van der Waals surface area contributed by atoms with E-state index in [0.717, 1.165) is 5.69 Å². The van der Waals surface area contributed by atoms with Crippen LogP contribution in [0, 0.1) is 5.92 Å². The third kappa shape index (κ3) is 6.75. The zero-order valence-electron chi connectivity index (χ0n) is 16.3. The van der Waals surface area contributed by atoms with Gasteiger partial charge in [-0.25, -0.2) is 0 Å². The Kier molecular flexibility index (Phi) is 7.56. The third-order valence-electron chi connectivity index (χ3n) is 3.88. The lowest BCUT2D eigenvalue weighted by molar-refractivity contribution is -0.119. The largest absolute Gasteiger partial charge is 0.376 e. The zero-order chi connectivity index (χ0) is 20.5. The van der Waals surface area contributed by atoms with E-state index in [-0.39, 0.29) is 30.2 Å². The maximum atomic E-state index is 12.1. The minimum Gasteiger partial charge on any atom is -0.376 e. The first kappa shape index (κ1) is 21.0. The summed E-state index contributed by atoms with van der Waals surface area (Å²) in [6.07, 6.45) is 0.409. The van der Waals surface area contributed by atoms with Crippen molar-refractivity contribution < 1.29 is 14.4 Å². The van der Waals surface area contributed by atoms with E-state index < -0.39 is 0 Å². The van der Waals surface area contributed by atoms with Gasteiger partial charge in [0, 0.05) is 35.1 Å². The van der Waals surface area contributed by atoms with Crippen molar-refractivity contribution in [2.45, 2.75) is 27.2 Å². The lowest BCUT2D eigenvalue weighted by atomic mass is 10.2. The summed E-state index contributed by atoms with van der Waals surface area (Å²) in [7, 11) is 0. The molecule has 0 aliphatic carbocycles. The molecular formula is C21H26N4O3. The molecule has 0 aromatic heterocycles. The van der Waals surface area contributed by atoms with Crippen LogP contribution in [0.1, 0.15) is 27.2 Å². The third-order valence-corrected chi connectivity index (χ3v) is 3.88. The summed E-state index contributed by atoms with van der Waals surface area (Å²) >= 11 is 0. The summed E-state index contributed by atoms with van der Waals surface area (Å²) in [5.41, 5.74) is 2.73. The minimum atomic E-state index is -0.207. The Labute approximate surface area is 164 Å². The van der Waals surface area contributed by atoms with Crippen molar-refractivity contribution in [3.05, 3.63) is 48.5 Å². The molecule has 148 valence electrons. The molecule has 2 aromatic carbocycles. The van der Waals surface area contributed by atoms with Crippen LogP contribution < -0.4 is 21.3 Å². The van der Waals surface area contributed by atoms with Crippen LogP contribution in [0.2, 0.25) is 0 Å². The SMILES string of the molecule is CCC(=O)Nc1ccc(NC(=O)CNc2cccc(NC(=O)C(C)C)c2)cc1. The summed E-state index contributed by atoms with van der Waals surface area (Å²) < 4.78 is 0. The maximum Gasteiger partial charge on any atom is 0.243 e. The summed E-state index contributed by atoms with van der Waals surface area (Å²) in [6, 6.07) is 14.1. The fourth-order valence-corrected chi connectivity index (χ4v) is 2.27. The number of amides is 3. The molecule has 0 atom stereocenters. The summed E-state index contributed by atoms with van der Waals surface area (Å²) in [5, 5.41) is 11.4. The van der Waals surface area contributed by atoms with Crippen LogP contribution >= 0.6 is 0 Å². The Hall–Kier alpha value is -3.35. The molecule has 0 aliphatic heterocycles. The van der Waals surface area contributed by atoms with Crippen LogP contribution in [-0.4, -0.2) is 24.3 Å². The summed E-state index contributed by atoms with van der Waals surface area (Å²) in [5.74, 6) is -0.438. The molecule has 0 radical (unpaired) electrons. The highest BCUT2D eigenvalue weighted by atomic mass is 16.2. The van der Waals surface area contributed by atoms with Gasteiger partial charge in [-0.15, -0.1) is 0 Å². The molecule has 0 unspecified atom stereocenters. The van der Waals surface area contributed by atoms with Crippen molar-refractivity contribution in [3.8, 4) is 0 Å². The molecule has 2 rings (SSSR count). The van der Waals surface area contributed by atoms with Gasteiger partial charge < -0.3 is 21.3 Å². The highest BCUT2D eigenvalue weighted by molar-refractivity contribution is 5.95. The van der Waals surface area contributed by atoms with Crippen molar-refractivity contribution in [2.24, 2.45) is 5.92 Å². The lowest BCUT2D eigenvalue weighted by Crippen LogP contribution is -2.22. The van der Waals surface area contributed by atoms with Gasteiger partial charge in [-0.3, -0.25) is 14.4 Å². The van der Waals surface area contributed by atoms with Gasteiger partial charge >= 0.3 is 0 Å². The first-order chi connectivity index (χ1) is 13.4. The van der Waals surface area contributed by atoms with Gasteiger partial charge in [0.2, 0.25) is 17.7 Å². The van der Waals surface area contributed by atoms with Gasteiger partial charge in [-0.05, 0) is 42.5 Å². The number of nitrogens with one attached hydrogen (secondary N) is 4. The number of carbonyl (C=O) groups excluding carboxylic acids is 3. The number of anilines is 4. The predicted octanol–water partition coefficient (Wildman–Crippen LogP) is 3.68. The Bertz CT molecular complexity index is 832. The number of rotatable bonds is 8. The maximum absolute atomic E-state index is 12.1. The minimum absolute atomic E-state index is 0.0616.